The fraction of sp³-hybridized carbons (Fsp3) is 0.714. The number of esters is 1. The van der Waals surface area contributed by atoms with E-state index in [2.05, 4.69) is 5.32 Å². The van der Waals surface area contributed by atoms with Crippen molar-refractivity contribution in [2.24, 2.45) is 23.2 Å². The van der Waals surface area contributed by atoms with Crippen LogP contribution in [0.2, 0.25) is 0 Å². The van der Waals surface area contributed by atoms with Crippen molar-refractivity contribution in [1.29, 1.82) is 0 Å². The highest BCUT2D eigenvalue weighted by molar-refractivity contribution is 7.17. The number of anilines is 1. The number of aryl methyl sites for hydroxylation is 1. The van der Waals surface area contributed by atoms with E-state index in [1.54, 1.807) is 11.3 Å². The van der Waals surface area contributed by atoms with Gasteiger partial charge in [0, 0.05) is 4.88 Å². The van der Waals surface area contributed by atoms with Crippen LogP contribution in [0.25, 0.3) is 0 Å². The second kappa shape index (κ2) is 6.08. The molecular weight excluding hydrogens is 346 g/mol. The number of rotatable bonds is 4. The van der Waals surface area contributed by atoms with Gasteiger partial charge >= 0.3 is 5.97 Å². The average Bonchev–Trinajstić information content (AvgIpc) is 3.19. The van der Waals surface area contributed by atoms with Crippen molar-refractivity contribution in [3.8, 4) is 0 Å². The van der Waals surface area contributed by atoms with Gasteiger partial charge in [0.15, 0.2) is 0 Å². The van der Waals surface area contributed by atoms with Gasteiger partial charge < -0.3 is 10.1 Å². The normalized spacial score (nSPS) is 34.0. The van der Waals surface area contributed by atoms with Crippen molar-refractivity contribution in [1.82, 2.24) is 0 Å². The standard InChI is InChI=1S/C21H27NO3S/c1-2-25-19(23)17-15-5-3-4-6-16(15)26-18(17)22-20(24)21-10-12-7-13(11-21)9-14(21)8-12/h12-14H,2-11H2,1H3,(H,22,24). The quantitative estimate of drug-likeness (QED) is 0.787. The fourth-order valence-electron chi connectivity index (χ4n) is 6.47. The zero-order valence-corrected chi connectivity index (χ0v) is 16.3. The average molecular weight is 374 g/mol. The van der Waals surface area contributed by atoms with Crippen LogP contribution >= 0.6 is 11.3 Å². The molecule has 6 rings (SSSR count). The fourth-order valence-corrected chi connectivity index (χ4v) is 7.74. The first-order valence-electron chi connectivity index (χ1n) is 10.2. The second-order valence-electron chi connectivity index (χ2n) is 8.79. The van der Waals surface area contributed by atoms with E-state index >= 15 is 0 Å². The summed E-state index contributed by atoms with van der Waals surface area (Å²) in [6.07, 6.45) is 10.1. The minimum atomic E-state index is -0.267. The molecule has 2 unspecified atom stereocenters. The lowest BCUT2D eigenvalue weighted by Gasteiger charge is -2.31. The number of nitrogens with one attached hydrogen (secondary N) is 1. The minimum Gasteiger partial charge on any atom is -0.462 e. The summed E-state index contributed by atoms with van der Waals surface area (Å²) in [4.78, 5) is 27.3. The van der Waals surface area contributed by atoms with E-state index in [1.807, 2.05) is 6.92 Å². The number of hydrogen-bond acceptors (Lipinski definition) is 4. The number of fused-ring (bicyclic) bond motifs is 1. The summed E-state index contributed by atoms with van der Waals surface area (Å²) in [6, 6.07) is 0. The Morgan fingerprint density at radius 2 is 1.88 bits per heavy atom. The summed E-state index contributed by atoms with van der Waals surface area (Å²) in [5.74, 6) is 1.97. The summed E-state index contributed by atoms with van der Waals surface area (Å²) in [5, 5.41) is 3.98. The molecule has 140 valence electrons. The molecular formula is C21H27NO3S. The molecule has 4 fully saturated rings. The Morgan fingerprint density at radius 3 is 2.62 bits per heavy atom. The van der Waals surface area contributed by atoms with Gasteiger partial charge in [0.25, 0.3) is 0 Å². The highest BCUT2D eigenvalue weighted by atomic mass is 32.1. The maximum atomic E-state index is 13.4. The van der Waals surface area contributed by atoms with Crippen LogP contribution in [0, 0.1) is 23.2 Å². The van der Waals surface area contributed by atoms with E-state index in [9.17, 15) is 9.59 Å². The van der Waals surface area contributed by atoms with E-state index in [4.69, 9.17) is 4.74 Å². The first-order valence-corrected chi connectivity index (χ1v) is 11.1. The summed E-state index contributed by atoms with van der Waals surface area (Å²) >= 11 is 1.61. The third-order valence-electron chi connectivity index (χ3n) is 7.32. The Labute approximate surface area is 158 Å². The van der Waals surface area contributed by atoms with Gasteiger partial charge in [-0.2, -0.15) is 0 Å². The first kappa shape index (κ1) is 16.8. The van der Waals surface area contributed by atoms with Gasteiger partial charge in [-0.25, -0.2) is 4.79 Å². The molecule has 1 aromatic heterocycles. The van der Waals surface area contributed by atoms with E-state index < -0.39 is 0 Å². The number of amides is 1. The Balaban J connectivity index is 1.46. The van der Waals surface area contributed by atoms with Crippen LogP contribution in [-0.4, -0.2) is 18.5 Å². The van der Waals surface area contributed by atoms with Crippen LogP contribution < -0.4 is 5.32 Å². The highest BCUT2D eigenvalue weighted by Gasteiger charge is 2.61. The maximum Gasteiger partial charge on any atom is 0.341 e. The number of carbonyl (C=O) groups excluding carboxylic acids is 2. The molecule has 4 bridgehead atoms. The van der Waals surface area contributed by atoms with Crippen molar-refractivity contribution in [2.75, 3.05) is 11.9 Å². The highest BCUT2D eigenvalue weighted by Crippen LogP contribution is 2.65. The number of thiophene rings is 1. The molecule has 1 aromatic rings. The molecule has 2 atom stereocenters. The Hall–Kier alpha value is -1.36. The van der Waals surface area contributed by atoms with Crippen molar-refractivity contribution >= 4 is 28.2 Å². The molecule has 4 nitrogen and oxygen atoms in total. The number of carbonyl (C=O) groups is 2. The van der Waals surface area contributed by atoms with Gasteiger partial charge in [-0.05, 0) is 88.0 Å². The molecule has 5 aliphatic carbocycles. The lowest BCUT2D eigenvalue weighted by Crippen LogP contribution is -2.37. The SMILES string of the molecule is CCOC(=O)c1c(NC(=O)C23CC4CC(CC2C4)C3)sc2c1CCCC2. The van der Waals surface area contributed by atoms with E-state index in [0.717, 1.165) is 54.5 Å². The van der Waals surface area contributed by atoms with Crippen LogP contribution in [0.15, 0.2) is 0 Å². The predicted octanol–water partition coefficient (Wildman–Crippen LogP) is 4.57. The van der Waals surface area contributed by atoms with E-state index in [0.29, 0.717) is 18.1 Å². The second-order valence-corrected chi connectivity index (χ2v) is 9.90. The summed E-state index contributed by atoms with van der Waals surface area (Å²) in [5.41, 5.74) is 1.61. The molecule has 1 heterocycles. The van der Waals surface area contributed by atoms with Crippen molar-refractivity contribution in [2.45, 2.75) is 64.7 Å². The molecule has 0 radical (unpaired) electrons. The van der Waals surface area contributed by atoms with Crippen molar-refractivity contribution in [3.05, 3.63) is 16.0 Å². The van der Waals surface area contributed by atoms with Crippen molar-refractivity contribution in [3.63, 3.8) is 0 Å². The van der Waals surface area contributed by atoms with Crippen LogP contribution in [0.1, 0.15) is 72.7 Å². The summed E-state index contributed by atoms with van der Waals surface area (Å²) in [6.45, 7) is 2.20. The molecule has 5 aliphatic rings. The lowest BCUT2D eigenvalue weighted by molar-refractivity contribution is -0.127. The van der Waals surface area contributed by atoms with Gasteiger partial charge in [0.1, 0.15) is 5.00 Å². The van der Waals surface area contributed by atoms with Gasteiger partial charge in [0.2, 0.25) is 5.91 Å². The summed E-state index contributed by atoms with van der Waals surface area (Å²) < 4.78 is 5.33. The topological polar surface area (TPSA) is 55.4 Å². The third-order valence-corrected chi connectivity index (χ3v) is 8.53. The Bertz CT molecular complexity index is 754. The molecule has 5 heteroatoms. The predicted molar refractivity (Wildman–Crippen MR) is 102 cm³/mol. The first-order chi connectivity index (χ1) is 12.6. The molecule has 1 N–H and O–H groups in total. The number of ether oxygens (including phenoxy) is 1. The summed E-state index contributed by atoms with van der Waals surface area (Å²) in [7, 11) is 0. The third kappa shape index (κ3) is 2.39. The van der Waals surface area contributed by atoms with Crippen molar-refractivity contribution < 1.29 is 14.3 Å². The molecule has 0 spiro atoms. The van der Waals surface area contributed by atoms with Gasteiger partial charge in [-0.3, -0.25) is 4.79 Å². The molecule has 4 saturated carbocycles. The van der Waals surface area contributed by atoms with Gasteiger partial charge in [-0.15, -0.1) is 11.3 Å². The van der Waals surface area contributed by atoms with Gasteiger partial charge in [0.05, 0.1) is 17.6 Å². The zero-order chi connectivity index (χ0) is 17.9. The van der Waals surface area contributed by atoms with Crippen LogP contribution in [0.5, 0.6) is 0 Å². The molecule has 1 amide bonds. The van der Waals surface area contributed by atoms with E-state index in [1.165, 1.54) is 30.6 Å². The van der Waals surface area contributed by atoms with Gasteiger partial charge in [-0.1, -0.05) is 0 Å². The number of hydrogen-bond donors (Lipinski definition) is 1. The van der Waals surface area contributed by atoms with Crippen LogP contribution in [-0.2, 0) is 22.4 Å². The van der Waals surface area contributed by atoms with E-state index in [-0.39, 0.29) is 17.3 Å². The monoisotopic (exact) mass is 373 g/mol. The lowest BCUT2D eigenvalue weighted by atomic mass is 9.75. The Morgan fingerprint density at radius 1 is 1.15 bits per heavy atom. The Kier molecular flexibility index (Phi) is 3.93. The molecule has 26 heavy (non-hydrogen) atoms. The molecule has 0 aliphatic heterocycles. The van der Waals surface area contributed by atoms with Crippen LogP contribution in [0.3, 0.4) is 0 Å². The smallest absolute Gasteiger partial charge is 0.341 e. The zero-order valence-electron chi connectivity index (χ0n) is 15.4. The van der Waals surface area contributed by atoms with Crippen LogP contribution in [0.4, 0.5) is 5.00 Å². The molecule has 0 aromatic carbocycles. The minimum absolute atomic E-state index is 0.163. The largest absolute Gasteiger partial charge is 0.462 e. The molecule has 0 saturated heterocycles. The maximum absolute atomic E-state index is 13.4.